The van der Waals surface area contributed by atoms with E-state index in [2.05, 4.69) is 15.3 Å². The normalized spacial score (nSPS) is 10.2. The van der Waals surface area contributed by atoms with E-state index in [0.29, 0.717) is 6.61 Å². The Kier molecular flexibility index (Phi) is 6.49. The number of carbonyl (C=O) groups is 1. The van der Waals surface area contributed by atoms with Crippen LogP contribution < -0.4 is 5.32 Å². The molecule has 1 N–H and O–H groups in total. The third kappa shape index (κ3) is 4.91. The van der Waals surface area contributed by atoms with Crippen molar-refractivity contribution in [2.24, 2.45) is 0 Å². The lowest BCUT2D eigenvalue weighted by molar-refractivity contribution is -0.139. The number of anilines is 1. The van der Waals surface area contributed by atoms with Crippen LogP contribution in [0.3, 0.4) is 0 Å². The van der Waals surface area contributed by atoms with Crippen molar-refractivity contribution < 1.29 is 9.53 Å². The molecule has 1 rings (SSSR count). The first-order valence-corrected chi connectivity index (χ1v) is 7.08. The van der Waals surface area contributed by atoms with E-state index in [0.717, 1.165) is 29.6 Å². The van der Waals surface area contributed by atoms with E-state index in [1.54, 1.807) is 6.92 Å². The van der Waals surface area contributed by atoms with E-state index in [9.17, 15) is 4.79 Å². The monoisotopic (exact) mass is 269 g/mol. The number of rotatable bonds is 7. The third-order valence-electron chi connectivity index (χ3n) is 2.07. The Bertz CT molecular complexity index is 399. The van der Waals surface area contributed by atoms with Gasteiger partial charge in [-0.25, -0.2) is 9.97 Å². The summed E-state index contributed by atoms with van der Waals surface area (Å²) < 4.78 is 4.88. The number of esters is 1. The second kappa shape index (κ2) is 7.92. The summed E-state index contributed by atoms with van der Waals surface area (Å²) in [5.74, 6) is 1.64. The molecular formula is C12H19N3O2S. The van der Waals surface area contributed by atoms with Crippen LogP contribution >= 0.6 is 11.8 Å². The molecule has 5 nitrogen and oxygen atoms in total. The van der Waals surface area contributed by atoms with Crippen molar-refractivity contribution in [1.82, 2.24) is 9.97 Å². The number of ether oxygens (including phenoxy) is 1. The van der Waals surface area contributed by atoms with Crippen LogP contribution in [-0.4, -0.2) is 34.8 Å². The number of aromatic nitrogens is 2. The van der Waals surface area contributed by atoms with Gasteiger partial charge in [0.05, 0.1) is 12.4 Å². The fourth-order valence-corrected chi connectivity index (χ4v) is 2.03. The van der Waals surface area contributed by atoms with E-state index in [1.165, 1.54) is 11.8 Å². The minimum Gasteiger partial charge on any atom is -0.465 e. The lowest BCUT2D eigenvalue weighted by Gasteiger charge is -2.07. The quantitative estimate of drug-likeness (QED) is 0.465. The number of hydrogen-bond acceptors (Lipinski definition) is 6. The molecule has 0 aromatic carbocycles. The molecule has 0 aliphatic rings. The summed E-state index contributed by atoms with van der Waals surface area (Å²) in [6.07, 6.45) is 0.770. The molecule has 100 valence electrons. The topological polar surface area (TPSA) is 64.1 Å². The molecule has 0 spiro atoms. The van der Waals surface area contributed by atoms with Crippen LogP contribution in [-0.2, 0) is 16.0 Å². The van der Waals surface area contributed by atoms with Gasteiger partial charge in [0.15, 0.2) is 0 Å². The lowest BCUT2D eigenvalue weighted by atomic mass is 10.4. The van der Waals surface area contributed by atoms with E-state index >= 15 is 0 Å². The average Bonchev–Trinajstić information content (AvgIpc) is 2.37. The first-order chi connectivity index (χ1) is 8.69. The zero-order valence-electron chi connectivity index (χ0n) is 11.0. The van der Waals surface area contributed by atoms with Gasteiger partial charge in [0.1, 0.15) is 16.7 Å². The van der Waals surface area contributed by atoms with Gasteiger partial charge in [-0.15, -0.1) is 0 Å². The lowest BCUT2D eigenvalue weighted by Crippen LogP contribution is -2.08. The smallest absolute Gasteiger partial charge is 0.316 e. The van der Waals surface area contributed by atoms with E-state index in [1.807, 2.05) is 19.9 Å². The summed E-state index contributed by atoms with van der Waals surface area (Å²) in [7, 11) is 0. The molecule has 1 aromatic rings. The maximum Gasteiger partial charge on any atom is 0.316 e. The predicted molar refractivity (Wildman–Crippen MR) is 72.9 cm³/mol. The molecule has 0 fully saturated rings. The van der Waals surface area contributed by atoms with Gasteiger partial charge in [-0.1, -0.05) is 18.7 Å². The molecule has 0 aliphatic carbocycles. The van der Waals surface area contributed by atoms with Gasteiger partial charge in [0.2, 0.25) is 0 Å². The fraction of sp³-hybridized carbons (Fsp3) is 0.583. The maximum absolute atomic E-state index is 11.3. The van der Waals surface area contributed by atoms with Crippen LogP contribution in [0.4, 0.5) is 5.82 Å². The van der Waals surface area contributed by atoms with Crippen molar-refractivity contribution >= 4 is 23.5 Å². The molecule has 0 amide bonds. The molecule has 0 saturated heterocycles. The van der Waals surface area contributed by atoms with E-state index in [4.69, 9.17) is 4.74 Å². The predicted octanol–water partition coefficient (Wildman–Crippen LogP) is 2.13. The number of nitrogens with zero attached hydrogens (tertiary/aromatic N) is 2. The second-order valence-electron chi connectivity index (χ2n) is 3.49. The van der Waals surface area contributed by atoms with Crippen molar-refractivity contribution in [3.8, 4) is 0 Å². The van der Waals surface area contributed by atoms with Crippen molar-refractivity contribution in [1.29, 1.82) is 0 Å². The number of nitrogens with one attached hydrogen (secondary N) is 1. The Morgan fingerprint density at radius 1 is 1.39 bits per heavy atom. The SMILES string of the molecule is CCNc1cc(SCC(=O)OCC)nc(CC)n1. The van der Waals surface area contributed by atoms with Gasteiger partial charge >= 0.3 is 5.97 Å². The molecule has 1 heterocycles. The van der Waals surface area contributed by atoms with Gasteiger partial charge in [-0.05, 0) is 13.8 Å². The van der Waals surface area contributed by atoms with Gasteiger partial charge in [-0.3, -0.25) is 4.79 Å². The van der Waals surface area contributed by atoms with E-state index < -0.39 is 0 Å². The summed E-state index contributed by atoms with van der Waals surface area (Å²) in [6.45, 7) is 7.03. The number of aryl methyl sites for hydroxylation is 1. The van der Waals surface area contributed by atoms with Gasteiger partial charge in [0.25, 0.3) is 0 Å². The standard InChI is InChI=1S/C12H19N3O2S/c1-4-9-14-10(13-5-2)7-11(15-9)18-8-12(16)17-6-3/h7H,4-6,8H2,1-3H3,(H,13,14,15). The highest BCUT2D eigenvalue weighted by atomic mass is 32.2. The summed E-state index contributed by atoms with van der Waals surface area (Å²) in [5, 5.41) is 3.95. The summed E-state index contributed by atoms with van der Waals surface area (Å²) in [4.78, 5) is 20.0. The summed E-state index contributed by atoms with van der Waals surface area (Å²) in [6, 6.07) is 1.85. The van der Waals surface area contributed by atoms with Crippen molar-refractivity contribution in [2.45, 2.75) is 32.2 Å². The zero-order chi connectivity index (χ0) is 13.4. The molecular weight excluding hydrogens is 250 g/mol. The van der Waals surface area contributed by atoms with Crippen LogP contribution in [0.2, 0.25) is 0 Å². The van der Waals surface area contributed by atoms with Gasteiger partial charge in [-0.2, -0.15) is 0 Å². The van der Waals surface area contributed by atoms with Crippen LogP contribution in [0.1, 0.15) is 26.6 Å². The minimum absolute atomic E-state index is 0.218. The van der Waals surface area contributed by atoms with Crippen LogP contribution in [0.25, 0.3) is 0 Å². The van der Waals surface area contributed by atoms with Crippen molar-refractivity contribution in [3.63, 3.8) is 0 Å². The summed E-state index contributed by atoms with van der Waals surface area (Å²) >= 11 is 1.37. The van der Waals surface area contributed by atoms with Crippen molar-refractivity contribution in [3.05, 3.63) is 11.9 Å². The largest absolute Gasteiger partial charge is 0.465 e. The molecule has 18 heavy (non-hydrogen) atoms. The third-order valence-corrected chi connectivity index (χ3v) is 2.95. The number of carbonyl (C=O) groups excluding carboxylic acids is 1. The Labute approximate surface area is 112 Å². The highest BCUT2D eigenvalue weighted by molar-refractivity contribution is 7.99. The van der Waals surface area contributed by atoms with Gasteiger partial charge < -0.3 is 10.1 Å². The molecule has 0 radical (unpaired) electrons. The Hall–Kier alpha value is -1.30. The molecule has 6 heteroatoms. The fourth-order valence-electron chi connectivity index (χ4n) is 1.31. The Balaban J connectivity index is 2.68. The van der Waals surface area contributed by atoms with Gasteiger partial charge in [0, 0.05) is 19.0 Å². The molecule has 1 aromatic heterocycles. The molecule has 0 atom stereocenters. The highest BCUT2D eigenvalue weighted by Crippen LogP contribution is 2.19. The maximum atomic E-state index is 11.3. The zero-order valence-corrected chi connectivity index (χ0v) is 11.8. The Morgan fingerprint density at radius 3 is 2.78 bits per heavy atom. The van der Waals surface area contributed by atoms with Crippen LogP contribution in [0.5, 0.6) is 0 Å². The first kappa shape index (κ1) is 14.8. The van der Waals surface area contributed by atoms with Crippen LogP contribution in [0.15, 0.2) is 11.1 Å². The molecule has 0 aliphatic heterocycles. The van der Waals surface area contributed by atoms with Crippen LogP contribution in [0, 0.1) is 0 Å². The van der Waals surface area contributed by atoms with E-state index in [-0.39, 0.29) is 11.7 Å². The molecule has 0 bridgehead atoms. The van der Waals surface area contributed by atoms with Crippen molar-refractivity contribution in [2.75, 3.05) is 24.2 Å². The minimum atomic E-state index is -0.218. The Morgan fingerprint density at radius 2 is 2.17 bits per heavy atom. The number of hydrogen-bond donors (Lipinski definition) is 1. The molecule has 0 saturated carbocycles. The average molecular weight is 269 g/mol. The molecule has 0 unspecified atom stereocenters. The summed E-state index contributed by atoms with van der Waals surface area (Å²) in [5.41, 5.74) is 0. The first-order valence-electron chi connectivity index (χ1n) is 6.09. The highest BCUT2D eigenvalue weighted by Gasteiger charge is 2.07. The number of thioether (sulfide) groups is 1. The second-order valence-corrected chi connectivity index (χ2v) is 4.48.